The predicted molar refractivity (Wildman–Crippen MR) is 102 cm³/mol. The predicted octanol–water partition coefficient (Wildman–Crippen LogP) is 3.32. The summed E-state index contributed by atoms with van der Waals surface area (Å²) in [6.07, 6.45) is 2.23. The molecule has 0 unspecified atom stereocenters. The first-order valence-corrected chi connectivity index (χ1v) is 8.73. The molecule has 2 aromatic rings. The Hall–Kier alpha value is -3.35. The molecule has 2 N–H and O–H groups in total. The van der Waals surface area contributed by atoms with Crippen molar-refractivity contribution in [2.75, 3.05) is 11.9 Å². The van der Waals surface area contributed by atoms with Gasteiger partial charge in [0.1, 0.15) is 17.2 Å². The summed E-state index contributed by atoms with van der Waals surface area (Å²) in [4.78, 5) is 29.4. The Kier molecular flexibility index (Phi) is 5.71. The van der Waals surface area contributed by atoms with Gasteiger partial charge in [-0.15, -0.1) is 0 Å². The van der Waals surface area contributed by atoms with Gasteiger partial charge in [-0.1, -0.05) is 12.1 Å². The van der Waals surface area contributed by atoms with Gasteiger partial charge in [-0.05, 0) is 38.1 Å². The maximum absolute atomic E-state index is 12.5. The van der Waals surface area contributed by atoms with Crippen molar-refractivity contribution in [1.29, 1.82) is 0 Å². The van der Waals surface area contributed by atoms with Crippen LogP contribution in [-0.4, -0.2) is 24.3 Å². The number of rotatable bonds is 5. The van der Waals surface area contributed by atoms with Gasteiger partial charge < -0.3 is 19.8 Å². The Morgan fingerprint density at radius 3 is 2.78 bits per heavy atom. The molecular weight excluding hydrogens is 346 g/mol. The molecule has 7 nitrogen and oxygen atoms in total. The number of nitrogens with zero attached hydrogens (tertiary/aromatic N) is 1. The standard InChI is InChI=1S/C20H21N3O4/c1-3-26-20(25)18-13(2)21-15-8-4-5-9-16(15)22-19(18)23-17(24)11-10-14-7-6-12-27-14/h4-9,12,21H,3,10-11H2,1-2H3,(H,22,23,24). The van der Waals surface area contributed by atoms with E-state index >= 15 is 0 Å². The summed E-state index contributed by atoms with van der Waals surface area (Å²) in [5.74, 6) is 0.0877. The van der Waals surface area contributed by atoms with Gasteiger partial charge in [0, 0.05) is 18.5 Å². The number of aliphatic imine (C=N–C) groups is 1. The van der Waals surface area contributed by atoms with Crippen molar-refractivity contribution in [2.24, 2.45) is 4.99 Å². The maximum atomic E-state index is 12.5. The molecular formula is C20H21N3O4. The number of carbonyl (C=O) groups excluding carboxylic acids is 2. The zero-order chi connectivity index (χ0) is 19.2. The summed E-state index contributed by atoms with van der Waals surface area (Å²) in [7, 11) is 0. The Morgan fingerprint density at radius 2 is 2.04 bits per heavy atom. The monoisotopic (exact) mass is 367 g/mol. The van der Waals surface area contributed by atoms with E-state index in [4.69, 9.17) is 9.15 Å². The third kappa shape index (κ3) is 4.44. The highest BCUT2D eigenvalue weighted by Gasteiger charge is 2.25. The minimum absolute atomic E-state index is 0.174. The van der Waals surface area contributed by atoms with Gasteiger partial charge in [0.15, 0.2) is 0 Å². The molecule has 1 amide bonds. The number of benzene rings is 1. The topological polar surface area (TPSA) is 92.9 Å². The fraction of sp³-hybridized carbons (Fsp3) is 0.250. The number of esters is 1. The van der Waals surface area contributed by atoms with Gasteiger partial charge in [0.2, 0.25) is 5.91 Å². The summed E-state index contributed by atoms with van der Waals surface area (Å²) >= 11 is 0. The maximum Gasteiger partial charge on any atom is 0.343 e. The molecule has 1 aliphatic rings. The van der Waals surface area contributed by atoms with Crippen molar-refractivity contribution in [3.63, 3.8) is 0 Å². The van der Waals surface area contributed by atoms with Crippen molar-refractivity contribution in [2.45, 2.75) is 26.7 Å². The Morgan fingerprint density at radius 1 is 1.22 bits per heavy atom. The van der Waals surface area contributed by atoms with Crippen LogP contribution in [-0.2, 0) is 20.7 Å². The third-order valence-electron chi connectivity index (χ3n) is 3.99. The van der Waals surface area contributed by atoms with E-state index in [1.165, 1.54) is 0 Å². The number of hydrogen-bond donors (Lipinski definition) is 2. The van der Waals surface area contributed by atoms with Gasteiger partial charge in [-0.3, -0.25) is 4.79 Å². The molecule has 27 heavy (non-hydrogen) atoms. The molecule has 0 fully saturated rings. The van der Waals surface area contributed by atoms with Crippen LogP contribution in [0.4, 0.5) is 11.4 Å². The van der Waals surface area contributed by atoms with Crippen molar-refractivity contribution in [1.82, 2.24) is 5.32 Å². The number of ether oxygens (including phenoxy) is 1. The molecule has 0 aliphatic carbocycles. The van der Waals surface area contributed by atoms with Crippen LogP contribution in [0.25, 0.3) is 0 Å². The van der Waals surface area contributed by atoms with Crippen molar-refractivity contribution >= 4 is 29.1 Å². The second-order valence-corrected chi connectivity index (χ2v) is 5.95. The zero-order valence-corrected chi connectivity index (χ0v) is 15.2. The molecule has 0 bridgehead atoms. The SMILES string of the molecule is CCOC(=O)C1=C(C)Nc2ccccc2N=C1NC(=O)CCc1ccco1. The zero-order valence-electron chi connectivity index (χ0n) is 15.2. The molecule has 1 aliphatic heterocycles. The van der Waals surface area contributed by atoms with Crippen LogP contribution in [0.5, 0.6) is 0 Å². The van der Waals surface area contributed by atoms with Crippen LogP contribution in [0.3, 0.4) is 0 Å². The Balaban J connectivity index is 1.87. The lowest BCUT2D eigenvalue weighted by atomic mass is 10.1. The van der Waals surface area contributed by atoms with Gasteiger partial charge in [-0.25, -0.2) is 9.79 Å². The second-order valence-electron chi connectivity index (χ2n) is 5.95. The third-order valence-corrected chi connectivity index (χ3v) is 3.99. The first kappa shape index (κ1) is 18.4. The molecule has 2 heterocycles. The first-order valence-electron chi connectivity index (χ1n) is 8.73. The Labute approximate surface area is 157 Å². The molecule has 3 rings (SSSR count). The summed E-state index contributed by atoms with van der Waals surface area (Å²) in [6, 6.07) is 10.9. The molecule has 0 spiro atoms. The van der Waals surface area contributed by atoms with E-state index in [1.807, 2.05) is 24.3 Å². The summed E-state index contributed by atoms with van der Waals surface area (Å²) in [6.45, 7) is 3.70. The number of hydrogen-bond acceptors (Lipinski definition) is 6. The lowest BCUT2D eigenvalue weighted by Gasteiger charge is -2.13. The molecule has 0 saturated heterocycles. The van der Waals surface area contributed by atoms with E-state index in [2.05, 4.69) is 15.6 Å². The molecule has 0 saturated carbocycles. The molecule has 0 atom stereocenters. The molecule has 7 heteroatoms. The largest absolute Gasteiger partial charge is 0.469 e. The van der Waals surface area contributed by atoms with Crippen molar-refractivity contribution in [3.8, 4) is 0 Å². The van der Waals surface area contributed by atoms with Crippen LogP contribution >= 0.6 is 0 Å². The number of para-hydroxylation sites is 2. The normalized spacial score (nSPS) is 13.2. The van der Waals surface area contributed by atoms with Gasteiger partial charge >= 0.3 is 5.97 Å². The number of nitrogens with one attached hydrogen (secondary N) is 2. The number of aryl methyl sites for hydroxylation is 1. The van der Waals surface area contributed by atoms with Gasteiger partial charge in [0.25, 0.3) is 0 Å². The first-order chi connectivity index (χ1) is 13.1. The number of fused-ring (bicyclic) bond motifs is 1. The fourth-order valence-electron chi connectivity index (χ4n) is 2.72. The molecule has 1 aromatic heterocycles. The number of carbonyl (C=O) groups is 2. The number of allylic oxidation sites excluding steroid dienone is 1. The quantitative estimate of drug-likeness (QED) is 0.791. The fourth-order valence-corrected chi connectivity index (χ4v) is 2.72. The van der Waals surface area contributed by atoms with Gasteiger partial charge in [-0.2, -0.15) is 0 Å². The van der Waals surface area contributed by atoms with Crippen LogP contribution in [0.1, 0.15) is 26.0 Å². The van der Waals surface area contributed by atoms with E-state index < -0.39 is 5.97 Å². The van der Waals surface area contributed by atoms with E-state index in [1.54, 1.807) is 32.2 Å². The van der Waals surface area contributed by atoms with Crippen LogP contribution in [0.2, 0.25) is 0 Å². The Bertz CT molecular complexity index is 898. The van der Waals surface area contributed by atoms with E-state index in [0.717, 1.165) is 11.4 Å². The second kappa shape index (κ2) is 8.35. The average molecular weight is 367 g/mol. The highest BCUT2D eigenvalue weighted by atomic mass is 16.5. The number of anilines is 1. The van der Waals surface area contributed by atoms with Crippen LogP contribution < -0.4 is 10.6 Å². The molecule has 0 radical (unpaired) electrons. The summed E-state index contributed by atoms with van der Waals surface area (Å²) in [5, 5.41) is 5.92. The summed E-state index contributed by atoms with van der Waals surface area (Å²) in [5.41, 5.74) is 2.14. The number of furan rings is 1. The molecule has 140 valence electrons. The highest BCUT2D eigenvalue weighted by Crippen LogP contribution is 2.30. The summed E-state index contributed by atoms with van der Waals surface area (Å²) < 4.78 is 10.4. The van der Waals surface area contributed by atoms with Gasteiger partial charge in [0.05, 0.1) is 24.2 Å². The highest BCUT2D eigenvalue weighted by molar-refractivity contribution is 6.24. The lowest BCUT2D eigenvalue weighted by Crippen LogP contribution is -2.35. The smallest absolute Gasteiger partial charge is 0.343 e. The van der Waals surface area contributed by atoms with E-state index in [9.17, 15) is 9.59 Å². The number of amidine groups is 1. The van der Waals surface area contributed by atoms with Crippen molar-refractivity contribution < 1.29 is 18.7 Å². The average Bonchev–Trinajstić information content (AvgIpc) is 3.11. The minimum atomic E-state index is -0.541. The lowest BCUT2D eigenvalue weighted by molar-refractivity contribution is -0.137. The molecule has 1 aromatic carbocycles. The van der Waals surface area contributed by atoms with Crippen LogP contribution in [0.15, 0.2) is 63.3 Å². The minimum Gasteiger partial charge on any atom is -0.469 e. The van der Waals surface area contributed by atoms with E-state index in [0.29, 0.717) is 17.8 Å². The van der Waals surface area contributed by atoms with Crippen LogP contribution in [0, 0.1) is 0 Å². The van der Waals surface area contributed by atoms with Crippen molar-refractivity contribution in [3.05, 3.63) is 59.7 Å². The van der Waals surface area contributed by atoms with E-state index in [-0.39, 0.29) is 30.3 Å². The number of amides is 1.